The van der Waals surface area contributed by atoms with E-state index in [1.165, 1.54) is 11.3 Å². The van der Waals surface area contributed by atoms with Gasteiger partial charge in [-0.3, -0.25) is 9.59 Å². The van der Waals surface area contributed by atoms with E-state index >= 15 is 0 Å². The molecular formula is C17H19N3O2S. The molecule has 0 radical (unpaired) electrons. The van der Waals surface area contributed by atoms with E-state index in [4.69, 9.17) is 0 Å². The lowest BCUT2D eigenvalue weighted by atomic mass is 9.97. The number of hydrogen-bond donors (Lipinski definition) is 1. The predicted molar refractivity (Wildman–Crippen MR) is 90.6 cm³/mol. The van der Waals surface area contributed by atoms with Crippen molar-refractivity contribution in [3.63, 3.8) is 0 Å². The predicted octanol–water partition coefficient (Wildman–Crippen LogP) is 2.94. The lowest BCUT2D eigenvalue weighted by Gasteiger charge is -2.31. The van der Waals surface area contributed by atoms with Gasteiger partial charge in [-0.05, 0) is 43.3 Å². The molecule has 5 nitrogen and oxygen atoms in total. The Morgan fingerprint density at radius 2 is 2.17 bits per heavy atom. The molecule has 0 saturated carbocycles. The quantitative estimate of drug-likeness (QED) is 0.942. The lowest BCUT2D eigenvalue weighted by Crippen LogP contribution is -2.43. The molecule has 1 saturated heterocycles. The molecule has 120 valence electrons. The molecule has 0 bridgehead atoms. The molecule has 2 aromatic rings. The Bertz CT molecular complexity index is 700. The van der Waals surface area contributed by atoms with Crippen LogP contribution in [0.15, 0.2) is 35.7 Å². The largest absolute Gasteiger partial charge is 0.337 e. The Kier molecular flexibility index (Phi) is 4.71. The molecule has 2 amide bonds. The Balaban J connectivity index is 1.64. The van der Waals surface area contributed by atoms with Crippen LogP contribution in [-0.4, -0.2) is 34.8 Å². The number of anilines is 1. The average Bonchev–Trinajstić information content (AvgIpc) is 3.09. The van der Waals surface area contributed by atoms with Gasteiger partial charge in [0, 0.05) is 18.8 Å². The number of likely N-dealkylation sites (tertiary alicyclic amines) is 1. The summed E-state index contributed by atoms with van der Waals surface area (Å²) in [6.07, 6.45) is 1.64. The van der Waals surface area contributed by atoms with Crippen molar-refractivity contribution < 1.29 is 9.59 Å². The van der Waals surface area contributed by atoms with Gasteiger partial charge >= 0.3 is 0 Å². The van der Waals surface area contributed by atoms with Crippen molar-refractivity contribution >= 4 is 29.0 Å². The Labute approximate surface area is 139 Å². The standard InChI is InChI=1S/C17H19N3O2S/c1-12-5-2-8-15(18-12)19-16(21)13-6-3-9-20(11-13)17(22)14-7-4-10-23-14/h2,4-5,7-8,10,13H,3,6,9,11H2,1H3,(H,18,19,21)/t13-/m0/s1. The fraction of sp³-hybridized carbons (Fsp3) is 0.353. The van der Waals surface area contributed by atoms with Gasteiger partial charge in [-0.25, -0.2) is 4.98 Å². The normalized spacial score (nSPS) is 17.8. The van der Waals surface area contributed by atoms with E-state index in [9.17, 15) is 9.59 Å². The summed E-state index contributed by atoms with van der Waals surface area (Å²) in [7, 11) is 0. The van der Waals surface area contributed by atoms with Gasteiger partial charge < -0.3 is 10.2 Å². The third kappa shape index (κ3) is 3.76. The van der Waals surface area contributed by atoms with Crippen molar-refractivity contribution in [3.8, 4) is 0 Å². The average molecular weight is 329 g/mol. The monoisotopic (exact) mass is 329 g/mol. The fourth-order valence-corrected chi connectivity index (χ4v) is 3.46. The van der Waals surface area contributed by atoms with E-state index in [0.717, 1.165) is 23.4 Å². The van der Waals surface area contributed by atoms with Crippen LogP contribution >= 0.6 is 11.3 Å². The molecule has 0 unspecified atom stereocenters. The smallest absolute Gasteiger partial charge is 0.263 e. The highest BCUT2D eigenvalue weighted by Gasteiger charge is 2.29. The van der Waals surface area contributed by atoms with Gasteiger partial charge in [-0.2, -0.15) is 0 Å². The van der Waals surface area contributed by atoms with Crippen molar-refractivity contribution in [2.24, 2.45) is 5.92 Å². The second-order valence-electron chi connectivity index (χ2n) is 5.72. The first-order chi connectivity index (χ1) is 11.1. The molecule has 1 N–H and O–H groups in total. The minimum Gasteiger partial charge on any atom is -0.337 e. The van der Waals surface area contributed by atoms with Crippen LogP contribution in [0.3, 0.4) is 0 Å². The third-order valence-corrected chi connectivity index (χ3v) is 4.81. The summed E-state index contributed by atoms with van der Waals surface area (Å²) in [6.45, 7) is 3.06. The van der Waals surface area contributed by atoms with E-state index in [1.807, 2.05) is 36.6 Å². The zero-order chi connectivity index (χ0) is 16.2. The van der Waals surface area contributed by atoms with Crippen molar-refractivity contribution in [2.75, 3.05) is 18.4 Å². The molecule has 3 rings (SSSR count). The minimum absolute atomic E-state index is 0.0196. The second-order valence-corrected chi connectivity index (χ2v) is 6.67. The molecule has 0 aliphatic carbocycles. The van der Waals surface area contributed by atoms with Crippen LogP contribution in [-0.2, 0) is 4.79 Å². The third-order valence-electron chi connectivity index (χ3n) is 3.95. The topological polar surface area (TPSA) is 62.3 Å². The number of aryl methyl sites for hydroxylation is 1. The van der Waals surface area contributed by atoms with Gasteiger partial charge in [0.05, 0.1) is 10.8 Å². The van der Waals surface area contributed by atoms with Crippen molar-refractivity contribution in [2.45, 2.75) is 19.8 Å². The number of carbonyl (C=O) groups is 2. The summed E-state index contributed by atoms with van der Waals surface area (Å²) >= 11 is 1.44. The number of nitrogens with one attached hydrogen (secondary N) is 1. The maximum Gasteiger partial charge on any atom is 0.263 e. The molecule has 1 aliphatic heterocycles. The van der Waals surface area contributed by atoms with Crippen molar-refractivity contribution in [3.05, 3.63) is 46.3 Å². The van der Waals surface area contributed by atoms with E-state index in [-0.39, 0.29) is 17.7 Å². The molecular weight excluding hydrogens is 310 g/mol. The van der Waals surface area contributed by atoms with Gasteiger partial charge in [0.15, 0.2) is 0 Å². The zero-order valence-electron chi connectivity index (χ0n) is 13.0. The summed E-state index contributed by atoms with van der Waals surface area (Å²) in [5.74, 6) is 0.338. The van der Waals surface area contributed by atoms with Crippen molar-refractivity contribution in [1.29, 1.82) is 0 Å². The van der Waals surface area contributed by atoms with Gasteiger partial charge in [0.1, 0.15) is 5.82 Å². The number of rotatable bonds is 3. The molecule has 23 heavy (non-hydrogen) atoms. The number of carbonyl (C=O) groups excluding carboxylic acids is 2. The maximum atomic E-state index is 12.4. The summed E-state index contributed by atoms with van der Waals surface area (Å²) in [6, 6.07) is 9.23. The van der Waals surface area contributed by atoms with Gasteiger partial charge in [-0.15, -0.1) is 11.3 Å². The Morgan fingerprint density at radius 1 is 1.30 bits per heavy atom. The van der Waals surface area contributed by atoms with Crippen LogP contribution in [0.4, 0.5) is 5.82 Å². The van der Waals surface area contributed by atoms with Gasteiger partial charge in [0.2, 0.25) is 5.91 Å². The first-order valence-corrected chi connectivity index (χ1v) is 8.59. The number of aromatic nitrogens is 1. The van der Waals surface area contributed by atoms with E-state index in [2.05, 4.69) is 10.3 Å². The highest BCUT2D eigenvalue weighted by atomic mass is 32.1. The van der Waals surface area contributed by atoms with Crippen LogP contribution in [0.25, 0.3) is 0 Å². The maximum absolute atomic E-state index is 12.4. The van der Waals surface area contributed by atoms with Crippen molar-refractivity contribution in [1.82, 2.24) is 9.88 Å². The van der Waals surface area contributed by atoms with Crippen LogP contribution < -0.4 is 5.32 Å². The number of hydrogen-bond acceptors (Lipinski definition) is 4. The Morgan fingerprint density at radius 3 is 2.91 bits per heavy atom. The van der Waals surface area contributed by atoms with Crippen LogP contribution in [0.2, 0.25) is 0 Å². The van der Waals surface area contributed by atoms with Crippen LogP contribution in [0, 0.1) is 12.8 Å². The molecule has 1 aliphatic rings. The highest BCUT2D eigenvalue weighted by Crippen LogP contribution is 2.21. The van der Waals surface area contributed by atoms with Gasteiger partial charge in [-0.1, -0.05) is 12.1 Å². The lowest BCUT2D eigenvalue weighted by molar-refractivity contribution is -0.121. The van der Waals surface area contributed by atoms with Crippen LogP contribution in [0.5, 0.6) is 0 Å². The molecule has 2 aromatic heterocycles. The second kappa shape index (κ2) is 6.91. The molecule has 6 heteroatoms. The number of thiophene rings is 1. The molecule has 3 heterocycles. The molecule has 1 atom stereocenters. The summed E-state index contributed by atoms with van der Waals surface area (Å²) in [5.41, 5.74) is 0.862. The first kappa shape index (κ1) is 15.7. The molecule has 0 spiro atoms. The highest BCUT2D eigenvalue weighted by molar-refractivity contribution is 7.12. The summed E-state index contributed by atoms with van der Waals surface area (Å²) in [4.78, 5) is 31.7. The minimum atomic E-state index is -0.185. The van der Waals surface area contributed by atoms with E-state index in [1.54, 1.807) is 11.0 Å². The number of amides is 2. The van der Waals surface area contributed by atoms with E-state index < -0.39 is 0 Å². The molecule has 1 fully saturated rings. The van der Waals surface area contributed by atoms with Crippen LogP contribution in [0.1, 0.15) is 28.2 Å². The number of piperidine rings is 1. The first-order valence-electron chi connectivity index (χ1n) is 7.71. The fourth-order valence-electron chi connectivity index (χ4n) is 2.77. The van der Waals surface area contributed by atoms with Gasteiger partial charge in [0.25, 0.3) is 5.91 Å². The SMILES string of the molecule is Cc1cccc(NC(=O)[C@H]2CCCN(C(=O)c3cccs3)C2)n1. The molecule has 0 aromatic carbocycles. The number of nitrogens with zero attached hydrogens (tertiary/aromatic N) is 2. The number of pyridine rings is 1. The Hall–Kier alpha value is -2.21. The summed E-state index contributed by atoms with van der Waals surface area (Å²) in [5, 5.41) is 4.75. The van der Waals surface area contributed by atoms with E-state index in [0.29, 0.717) is 18.9 Å². The zero-order valence-corrected chi connectivity index (χ0v) is 13.8. The summed E-state index contributed by atoms with van der Waals surface area (Å²) < 4.78 is 0.